The van der Waals surface area contributed by atoms with Crippen molar-refractivity contribution in [3.8, 4) is 23.5 Å². The molecule has 0 radical (unpaired) electrons. The molecule has 36 heavy (non-hydrogen) atoms. The maximum Gasteiger partial charge on any atom is 0.410 e. The van der Waals surface area contributed by atoms with E-state index in [0.29, 0.717) is 37.2 Å². The highest BCUT2D eigenvalue weighted by Gasteiger charge is 2.45. The molecule has 0 spiro atoms. The van der Waals surface area contributed by atoms with Crippen LogP contribution < -0.4 is 0 Å². The number of hydrogen-bond acceptors (Lipinski definition) is 4. The molecule has 1 amide bonds. The van der Waals surface area contributed by atoms with Crippen LogP contribution in [0, 0.1) is 18.3 Å². The highest BCUT2D eigenvalue weighted by Crippen LogP contribution is 2.44. The van der Waals surface area contributed by atoms with Gasteiger partial charge in [0.2, 0.25) is 0 Å². The quantitative estimate of drug-likeness (QED) is 0.379. The van der Waals surface area contributed by atoms with E-state index in [9.17, 15) is 9.59 Å². The molecule has 5 nitrogen and oxygen atoms in total. The Kier molecular flexibility index (Phi) is 5.83. The Morgan fingerprint density at radius 3 is 2.19 bits per heavy atom. The van der Waals surface area contributed by atoms with Crippen LogP contribution in [0.5, 0.6) is 0 Å². The molecule has 0 N–H and O–H groups in total. The van der Waals surface area contributed by atoms with Gasteiger partial charge in [-0.3, -0.25) is 9.69 Å². The zero-order valence-corrected chi connectivity index (χ0v) is 19.9. The van der Waals surface area contributed by atoms with Gasteiger partial charge in [0.15, 0.2) is 5.78 Å². The standard InChI is InChI=1S/C31H27NO4/c1-2-20-8-7-9-21(14-20)30(33)22-15-23-17-35-18-24(16-22)32(23)31(34)36-19-29-27-12-5-3-10-25(27)26-11-4-6-13-28(26)29/h1,3-14,22-24,29H,15-19H2. The summed E-state index contributed by atoms with van der Waals surface area (Å²) in [5, 5.41) is 0. The lowest BCUT2D eigenvalue weighted by atomic mass is 9.80. The van der Waals surface area contributed by atoms with Crippen molar-refractivity contribution in [1.82, 2.24) is 4.90 Å². The molecule has 0 aromatic heterocycles. The molecule has 5 heteroatoms. The topological polar surface area (TPSA) is 55.8 Å². The van der Waals surface area contributed by atoms with E-state index < -0.39 is 0 Å². The Morgan fingerprint density at radius 2 is 1.56 bits per heavy atom. The molecule has 3 aromatic carbocycles. The summed E-state index contributed by atoms with van der Waals surface area (Å²) in [4.78, 5) is 28.4. The highest BCUT2D eigenvalue weighted by atomic mass is 16.6. The number of nitrogens with zero attached hydrogens (tertiary/aromatic N) is 1. The van der Waals surface area contributed by atoms with Gasteiger partial charge in [0.25, 0.3) is 0 Å². The lowest BCUT2D eigenvalue weighted by Gasteiger charge is -2.47. The molecular weight excluding hydrogens is 450 g/mol. The zero-order chi connectivity index (χ0) is 24.6. The van der Waals surface area contributed by atoms with Crippen LogP contribution in [0.4, 0.5) is 4.79 Å². The lowest BCUT2D eigenvalue weighted by Crippen LogP contribution is -2.60. The Bertz CT molecular complexity index is 1310. The lowest BCUT2D eigenvalue weighted by molar-refractivity contribution is -0.0747. The molecule has 2 bridgehead atoms. The van der Waals surface area contributed by atoms with Gasteiger partial charge in [-0.25, -0.2) is 4.79 Å². The predicted octanol–water partition coefficient (Wildman–Crippen LogP) is 5.28. The van der Waals surface area contributed by atoms with Crippen molar-refractivity contribution < 1.29 is 19.1 Å². The first-order valence-electron chi connectivity index (χ1n) is 12.5. The second-order valence-corrected chi connectivity index (χ2v) is 9.81. The van der Waals surface area contributed by atoms with Gasteiger partial charge in [0, 0.05) is 23.0 Å². The van der Waals surface area contributed by atoms with E-state index in [4.69, 9.17) is 15.9 Å². The fourth-order valence-corrected chi connectivity index (χ4v) is 6.09. The number of carbonyl (C=O) groups is 2. The van der Waals surface area contributed by atoms with E-state index >= 15 is 0 Å². The predicted molar refractivity (Wildman–Crippen MR) is 137 cm³/mol. The number of carbonyl (C=O) groups excluding carboxylic acids is 2. The van der Waals surface area contributed by atoms with Gasteiger partial charge >= 0.3 is 6.09 Å². The second-order valence-electron chi connectivity index (χ2n) is 9.81. The van der Waals surface area contributed by atoms with Gasteiger partial charge in [0.05, 0.1) is 25.3 Å². The summed E-state index contributed by atoms with van der Waals surface area (Å²) in [6, 6.07) is 23.5. The molecule has 2 heterocycles. The molecule has 0 saturated carbocycles. The number of piperidine rings is 1. The van der Waals surface area contributed by atoms with Crippen molar-refractivity contribution in [2.75, 3.05) is 19.8 Å². The smallest absolute Gasteiger partial charge is 0.410 e. The second kappa shape index (κ2) is 9.29. The maximum absolute atomic E-state index is 13.4. The third-order valence-electron chi connectivity index (χ3n) is 7.75. The van der Waals surface area contributed by atoms with Gasteiger partial charge < -0.3 is 9.47 Å². The third kappa shape index (κ3) is 3.88. The molecular formula is C31H27NO4. The van der Waals surface area contributed by atoms with Crippen molar-refractivity contribution in [2.24, 2.45) is 5.92 Å². The Hall–Kier alpha value is -3.88. The summed E-state index contributed by atoms with van der Waals surface area (Å²) in [5.74, 6) is 2.52. The summed E-state index contributed by atoms with van der Waals surface area (Å²) in [6.07, 6.45) is 6.30. The number of benzene rings is 3. The molecule has 6 rings (SSSR count). The van der Waals surface area contributed by atoms with Crippen molar-refractivity contribution in [3.05, 3.63) is 95.1 Å². The number of ether oxygens (including phenoxy) is 2. The minimum Gasteiger partial charge on any atom is -0.448 e. The average molecular weight is 478 g/mol. The van der Waals surface area contributed by atoms with E-state index in [0.717, 1.165) is 0 Å². The van der Waals surface area contributed by atoms with Gasteiger partial charge in [-0.05, 0) is 47.2 Å². The number of hydrogen-bond donors (Lipinski definition) is 0. The molecule has 2 saturated heterocycles. The van der Waals surface area contributed by atoms with Crippen LogP contribution in [0.2, 0.25) is 0 Å². The number of Topliss-reactive ketones (excluding diaryl/α,β-unsaturated/α-hetero) is 1. The first-order valence-corrected chi connectivity index (χ1v) is 12.5. The summed E-state index contributed by atoms with van der Waals surface area (Å²) in [6.45, 7) is 1.11. The first-order chi connectivity index (χ1) is 17.6. The van der Waals surface area contributed by atoms with E-state index in [2.05, 4.69) is 30.2 Å². The van der Waals surface area contributed by atoms with Crippen LogP contribution in [-0.4, -0.2) is 48.7 Å². The summed E-state index contributed by atoms with van der Waals surface area (Å²) >= 11 is 0. The third-order valence-corrected chi connectivity index (χ3v) is 7.75. The van der Waals surface area contributed by atoms with Crippen LogP contribution in [0.15, 0.2) is 72.8 Å². The van der Waals surface area contributed by atoms with Crippen molar-refractivity contribution in [3.63, 3.8) is 0 Å². The molecule has 2 fully saturated rings. The summed E-state index contributed by atoms with van der Waals surface area (Å²) < 4.78 is 11.7. The number of fused-ring (bicyclic) bond motifs is 5. The summed E-state index contributed by atoms with van der Waals surface area (Å²) in [5.41, 5.74) is 6.10. The molecule has 3 aliphatic rings. The molecule has 2 unspecified atom stereocenters. The van der Waals surface area contributed by atoms with E-state index in [1.54, 1.807) is 6.07 Å². The monoisotopic (exact) mass is 477 g/mol. The van der Waals surface area contributed by atoms with Gasteiger partial charge in [-0.2, -0.15) is 0 Å². The van der Waals surface area contributed by atoms with E-state index in [1.807, 2.05) is 47.4 Å². The van der Waals surface area contributed by atoms with Crippen molar-refractivity contribution in [1.29, 1.82) is 0 Å². The number of terminal acetylenes is 1. The molecule has 1 aliphatic carbocycles. The molecule has 2 aliphatic heterocycles. The number of morpholine rings is 1. The normalized spacial score (nSPS) is 22.3. The van der Waals surface area contributed by atoms with Crippen molar-refractivity contribution >= 4 is 11.9 Å². The largest absolute Gasteiger partial charge is 0.448 e. The van der Waals surface area contributed by atoms with E-state index in [1.165, 1.54) is 22.3 Å². The van der Waals surface area contributed by atoms with Crippen LogP contribution in [0.3, 0.4) is 0 Å². The maximum atomic E-state index is 13.4. The Morgan fingerprint density at radius 1 is 0.917 bits per heavy atom. The van der Waals surface area contributed by atoms with Crippen molar-refractivity contribution in [2.45, 2.75) is 30.8 Å². The summed E-state index contributed by atoms with van der Waals surface area (Å²) in [7, 11) is 0. The highest BCUT2D eigenvalue weighted by molar-refractivity contribution is 5.98. The van der Waals surface area contributed by atoms with Crippen LogP contribution in [-0.2, 0) is 9.47 Å². The molecule has 3 aromatic rings. The Balaban J connectivity index is 1.16. The van der Waals surface area contributed by atoms with E-state index in [-0.39, 0.29) is 42.4 Å². The number of rotatable bonds is 4. The average Bonchev–Trinajstić information content (AvgIpc) is 3.24. The molecule has 180 valence electrons. The number of amides is 1. The van der Waals surface area contributed by atoms with Crippen LogP contribution >= 0.6 is 0 Å². The minimum atomic E-state index is -0.324. The van der Waals surface area contributed by atoms with Gasteiger partial charge in [0.1, 0.15) is 6.61 Å². The number of ketones is 1. The van der Waals surface area contributed by atoms with Crippen LogP contribution in [0.1, 0.15) is 45.8 Å². The van der Waals surface area contributed by atoms with Gasteiger partial charge in [-0.1, -0.05) is 66.6 Å². The fraction of sp³-hybridized carbons (Fsp3) is 0.290. The molecule has 2 atom stereocenters. The SMILES string of the molecule is C#Cc1cccc(C(=O)C2CC3COCC(C2)N3C(=O)OCC2c3ccccc3-c3ccccc32)c1. The first kappa shape index (κ1) is 22.6. The zero-order valence-electron chi connectivity index (χ0n) is 19.9. The Labute approximate surface area is 211 Å². The minimum absolute atomic E-state index is 0.0139. The van der Waals surface area contributed by atoms with Crippen LogP contribution in [0.25, 0.3) is 11.1 Å². The fourth-order valence-electron chi connectivity index (χ4n) is 6.09. The van der Waals surface area contributed by atoms with Gasteiger partial charge in [-0.15, -0.1) is 6.42 Å².